The van der Waals surface area contributed by atoms with Crippen molar-refractivity contribution in [1.29, 1.82) is 0 Å². The molecule has 0 amide bonds. The Morgan fingerprint density at radius 2 is 2.10 bits per heavy atom. The quantitative estimate of drug-likeness (QED) is 0.875. The molecular weight excluding hydrogens is 287 g/mol. The van der Waals surface area contributed by atoms with Crippen LogP contribution in [0.4, 0.5) is 13.2 Å². The normalized spacial score (nSPS) is 23.4. The molecule has 2 atom stereocenters. The van der Waals surface area contributed by atoms with E-state index in [-0.39, 0.29) is 12.4 Å². The minimum atomic E-state index is -4.34. The summed E-state index contributed by atoms with van der Waals surface area (Å²) in [6.45, 7) is -1.59. The van der Waals surface area contributed by atoms with E-state index in [0.717, 1.165) is 12.8 Å². The smallest absolute Gasteiger partial charge is 0.364 e. The van der Waals surface area contributed by atoms with E-state index in [0.29, 0.717) is 24.3 Å². The third kappa shape index (κ3) is 5.28. The zero-order chi connectivity index (χ0) is 15.3. The third-order valence-corrected chi connectivity index (χ3v) is 3.72. The summed E-state index contributed by atoms with van der Waals surface area (Å²) in [6.07, 6.45) is 0.915. The molecule has 1 aromatic rings. The molecule has 1 aliphatic carbocycles. The first-order valence-electron chi connectivity index (χ1n) is 7.11. The average molecular weight is 307 g/mol. The van der Waals surface area contributed by atoms with Crippen molar-refractivity contribution in [2.45, 2.75) is 50.9 Å². The molecule has 0 radical (unpaired) electrons. The van der Waals surface area contributed by atoms with E-state index in [1.165, 1.54) is 12.8 Å². The van der Waals surface area contributed by atoms with Crippen molar-refractivity contribution < 1.29 is 22.4 Å². The topological polar surface area (TPSA) is 60.2 Å². The summed E-state index contributed by atoms with van der Waals surface area (Å²) in [5, 5.41) is 6.95. The van der Waals surface area contributed by atoms with E-state index >= 15 is 0 Å². The van der Waals surface area contributed by atoms with E-state index in [1.807, 2.05) is 7.05 Å². The second-order valence-corrected chi connectivity index (χ2v) is 5.36. The molecule has 5 nitrogen and oxygen atoms in total. The molecular formula is C13H20F3N3O2. The van der Waals surface area contributed by atoms with Crippen LogP contribution >= 0.6 is 0 Å². The van der Waals surface area contributed by atoms with Gasteiger partial charge in [0.25, 0.3) is 0 Å². The van der Waals surface area contributed by atoms with Crippen LogP contribution in [0, 0.1) is 5.92 Å². The lowest BCUT2D eigenvalue weighted by atomic mass is 9.82. The van der Waals surface area contributed by atoms with Crippen molar-refractivity contribution in [3.8, 4) is 0 Å². The van der Waals surface area contributed by atoms with Crippen LogP contribution in [-0.2, 0) is 17.8 Å². The molecule has 1 N–H and O–H groups in total. The number of nitrogens with one attached hydrogen (secondary N) is 1. The molecule has 1 fully saturated rings. The SMILES string of the molecule is CNC1CCCCC1Cc1nc(COCC(F)(F)F)no1. The predicted molar refractivity (Wildman–Crippen MR) is 68.5 cm³/mol. The minimum absolute atomic E-state index is 0.158. The highest BCUT2D eigenvalue weighted by Crippen LogP contribution is 2.27. The predicted octanol–water partition coefficient (Wildman–Crippen LogP) is 2.47. The monoisotopic (exact) mass is 307 g/mol. The summed E-state index contributed by atoms with van der Waals surface area (Å²) >= 11 is 0. The average Bonchev–Trinajstić information content (AvgIpc) is 2.85. The highest BCUT2D eigenvalue weighted by atomic mass is 19.4. The Morgan fingerprint density at radius 3 is 2.81 bits per heavy atom. The van der Waals surface area contributed by atoms with Crippen molar-refractivity contribution in [3.05, 3.63) is 11.7 Å². The maximum Gasteiger partial charge on any atom is 0.411 e. The molecule has 0 aliphatic heterocycles. The largest absolute Gasteiger partial charge is 0.411 e. The van der Waals surface area contributed by atoms with Crippen LogP contribution in [0.15, 0.2) is 4.52 Å². The van der Waals surface area contributed by atoms with Crippen LogP contribution in [0.3, 0.4) is 0 Å². The lowest BCUT2D eigenvalue weighted by Crippen LogP contribution is -2.37. The summed E-state index contributed by atoms with van der Waals surface area (Å²) in [5.41, 5.74) is 0. The summed E-state index contributed by atoms with van der Waals surface area (Å²) in [5.74, 6) is 1.05. The Bertz CT molecular complexity index is 437. The van der Waals surface area contributed by atoms with Gasteiger partial charge in [0.15, 0.2) is 5.82 Å². The fourth-order valence-electron chi connectivity index (χ4n) is 2.75. The summed E-state index contributed by atoms with van der Waals surface area (Å²) in [4.78, 5) is 4.09. The summed E-state index contributed by atoms with van der Waals surface area (Å²) in [6, 6.07) is 0.426. The Kier molecular flexibility index (Phi) is 5.58. The van der Waals surface area contributed by atoms with Crippen molar-refractivity contribution in [3.63, 3.8) is 0 Å². The highest BCUT2D eigenvalue weighted by molar-refractivity contribution is 4.91. The van der Waals surface area contributed by atoms with Gasteiger partial charge in [0.2, 0.25) is 5.89 Å². The molecule has 0 bridgehead atoms. The number of aromatic nitrogens is 2. The van der Waals surface area contributed by atoms with Gasteiger partial charge in [-0.2, -0.15) is 18.2 Å². The van der Waals surface area contributed by atoms with Crippen LogP contribution in [-0.4, -0.2) is 36.0 Å². The molecule has 1 aliphatic rings. The Morgan fingerprint density at radius 1 is 1.33 bits per heavy atom. The standard InChI is InChI=1S/C13H20F3N3O2/c1-17-10-5-3-2-4-9(10)6-12-18-11(19-21-12)7-20-8-13(14,15)16/h9-10,17H,2-8H2,1H3. The van der Waals surface area contributed by atoms with Gasteiger partial charge in [-0.05, 0) is 25.8 Å². The highest BCUT2D eigenvalue weighted by Gasteiger charge is 2.28. The maximum atomic E-state index is 12.0. The van der Waals surface area contributed by atoms with E-state index in [2.05, 4.69) is 20.2 Å². The molecule has 0 saturated heterocycles. The van der Waals surface area contributed by atoms with Gasteiger partial charge in [0.05, 0.1) is 0 Å². The maximum absolute atomic E-state index is 12.0. The third-order valence-electron chi connectivity index (χ3n) is 3.72. The Balaban J connectivity index is 1.82. The van der Waals surface area contributed by atoms with Gasteiger partial charge < -0.3 is 14.6 Å². The first-order valence-corrected chi connectivity index (χ1v) is 7.11. The van der Waals surface area contributed by atoms with Crippen LogP contribution in [0.25, 0.3) is 0 Å². The number of ether oxygens (including phenoxy) is 1. The zero-order valence-electron chi connectivity index (χ0n) is 11.9. The van der Waals surface area contributed by atoms with Crippen LogP contribution in [0.5, 0.6) is 0 Å². The fourth-order valence-corrected chi connectivity index (χ4v) is 2.75. The molecule has 1 aromatic heterocycles. The van der Waals surface area contributed by atoms with Gasteiger partial charge >= 0.3 is 6.18 Å². The zero-order valence-corrected chi connectivity index (χ0v) is 11.9. The lowest BCUT2D eigenvalue weighted by molar-refractivity contribution is -0.177. The molecule has 1 heterocycles. The van der Waals surface area contributed by atoms with Gasteiger partial charge in [-0.3, -0.25) is 0 Å². The number of halogens is 3. The number of alkyl halides is 3. The second-order valence-electron chi connectivity index (χ2n) is 5.36. The van der Waals surface area contributed by atoms with Crippen molar-refractivity contribution in [2.24, 2.45) is 5.92 Å². The molecule has 120 valence electrons. The first-order chi connectivity index (χ1) is 9.98. The molecule has 2 unspecified atom stereocenters. The molecule has 2 rings (SSSR count). The number of nitrogens with zero attached hydrogens (tertiary/aromatic N) is 2. The number of hydrogen-bond acceptors (Lipinski definition) is 5. The molecule has 0 spiro atoms. The van der Waals surface area contributed by atoms with E-state index < -0.39 is 12.8 Å². The summed E-state index contributed by atoms with van der Waals surface area (Å²) < 4.78 is 45.5. The first kappa shape index (κ1) is 16.2. The number of hydrogen-bond donors (Lipinski definition) is 1. The molecule has 8 heteroatoms. The van der Waals surface area contributed by atoms with Gasteiger partial charge in [-0.15, -0.1) is 0 Å². The van der Waals surface area contributed by atoms with E-state index in [9.17, 15) is 13.2 Å². The second kappa shape index (κ2) is 7.22. The molecule has 0 aromatic carbocycles. The van der Waals surface area contributed by atoms with E-state index in [1.54, 1.807) is 0 Å². The Hall–Kier alpha value is -1.15. The van der Waals surface area contributed by atoms with Crippen LogP contribution < -0.4 is 5.32 Å². The molecule has 21 heavy (non-hydrogen) atoms. The van der Waals surface area contributed by atoms with Crippen molar-refractivity contribution in [1.82, 2.24) is 15.5 Å². The summed E-state index contributed by atoms with van der Waals surface area (Å²) in [7, 11) is 1.94. The van der Waals surface area contributed by atoms with Gasteiger partial charge in [0, 0.05) is 12.5 Å². The van der Waals surface area contributed by atoms with Crippen LogP contribution in [0.1, 0.15) is 37.4 Å². The van der Waals surface area contributed by atoms with Crippen molar-refractivity contribution in [2.75, 3.05) is 13.7 Å². The van der Waals surface area contributed by atoms with Gasteiger partial charge in [-0.25, -0.2) is 0 Å². The van der Waals surface area contributed by atoms with Gasteiger partial charge in [0.1, 0.15) is 13.2 Å². The lowest BCUT2D eigenvalue weighted by Gasteiger charge is -2.30. The number of rotatable bonds is 6. The minimum Gasteiger partial charge on any atom is -0.364 e. The van der Waals surface area contributed by atoms with Crippen molar-refractivity contribution >= 4 is 0 Å². The Labute approximate surface area is 121 Å². The van der Waals surface area contributed by atoms with Crippen LogP contribution in [0.2, 0.25) is 0 Å². The fraction of sp³-hybridized carbons (Fsp3) is 0.846. The van der Waals surface area contributed by atoms with Gasteiger partial charge in [-0.1, -0.05) is 18.0 Å². The van der Waals surface area contributed by atoms with E-state index in [4.69, 9.17) is 4.52 Å². The molecule has 1 saturated carbocycles.